The number of ether oxygens (including phenoxy) is 1. The molecule has 1 fully saturated rings. The molecule has 0 aliphatic carbocycles. The van der Waals surface area contributed by atoms with Crippen LogP contribution < -0.4 is 4.74 Å². The van der Waals surface area contributed by atoms with Gasteiger partial charge in [-0.15, -0.1) is 0 Å². The maximum Gasteiger partial charge on any atom is 0.295 e. The molecule has 1 N–H and O–H groups in total. The van der Waals surface area contributed by atoms with Gasteiger partial charge in [-0.25, -0.2) is 4.98 Å². The molecule has 0 spiro atoms. The van der Waals surface area contributed by atoms with Gasteiger partial charge in [-0.05, 0) is 24.6 Å². The number of nitrogens with zero attached hydrogens (tertiary/aromatic N) is 3. The summed E-state index contributed by atoms with van der Waals surface area (Å²) >= 11 is 3.37. The fourth-order valence-electron chi connectivity index (χ4n) is 3.93. The standard InChI is InChI=1S/C24H22BrN3O4/c1-32-19-6-3-2-5-18(19)21-20(22(29)16-7-9-17(25)10-8-16)23(30)24(31)28(21)13-4-12-27-14-11-26-15-27/h2-3,5-11,14-15,21,29H,4,12-13H2,1H3/b22-20+. The Morgan fingerprint density at radius 3 is 2.56 bits per heavy atom. The van der Waals surface area contributed by atoms with Crippen molar-refractivity contribution >= 4 is 33.4 Å². The number of carbonyl (C=O) groups is 2. The number of amides is 1. The molecule has 2 aromatic carbocycles. The molecule has 4 rings (SSSR count). The number of carbonyl (C=O) groups excluding carboxylic acids is 2. The maximum absolute atomic E-state index is 13.1. The van der Waals surface area contributed by atoms with Crippen LogP contribution in [0.2, 0.25) is 0 Å². The third-order valence-electron chi connectivity index (χ3n) is 5.47. The van der Waals surface area contributed by atoms with Crippen molar-refractivity contribution in [2.45, 2.75) is 19.0 Å². The molecule has 0 bridgehead atoms. The van der Waals surface area contributed by atoms with E-state index in [9.17, 15) is 14.7 Å². The number of ketones is 1. The van der Waals surface area contributed by atoms with Crippen molar-refractivity contribution in [2.24, 2.45) is 0 Å². The molecular weight excluding hydrogens is 474 g/mol. The Balaban J connectivity index is 1.77. The lowest BCUT2D eigenvalue weighted by Gasteiger charge is -2.26. The summed E-state index contributed by atoms with van der Waals surface area (Å²) in [7, 11) is 1.54. The molecule has 164 valence electrons. The Kier molecular flexibility index (Phi) is 6.41. The molecule has 32 heavy (non-hydrogen) atoms. The number of rotatable bonds is 7. The first-order valence-electron chi connectivity index (χ1n) is 10.1. The monoisotopic (exact) mass is 495 g/mol. The van der Waals surface area contributed by atoms with Crippen molar-refractivity contribution in [3.8, 4) is 5.75 Å². The minimum atomic E-state index is -0.752. The van der Waals surface area contributed by atoms with E-state index in [2.05, 4.69) is 20.9 Å². The molecule has 1 aliphatic heterocycles. The third-order valence-corrected chi connectivity index (χ3v) is 5.99. The number of aliphatic hydroxyl groups excluding tert-OH is 1. The first-order chi connectivity index (χ1) is 15.5. The minimum absolute atomic E-state index is 0.0597. The number of halogens is 1. The lowest BCUT2D eigenvalue weighted by molar-refractivity contribution is -0.140. The molecule has 1 aromatic heterocycles. The summed E-state index contributed by atoms with van der Waals surface area (Å²) in [6, 6.07) is 13.4. The summed E-state index contributed by atoms with van der Waals surface area (Å²) in [5, 5.41) is 11.1. The van der Waals surface area contributed by atoms with E-state index in [-0.39, 0.29) is 11.3 Å². The number of para-hydroxylation sites is 1. The molecule has 1 amide bonds. The molecule has 8 heteroatoms. The summed E-state index contributed by atoms with van der Waals surface area (Å²) in [5.74, 6) is -1.00. The van der Waals surface area contributed by atoms with Gasteiger partial charge in [0.15, 0.2) is 0 Å². The van der Waals surface area contributed by atoms with Gasteiger partial charge >= 0.3 is 0 Å². The van der Waals surface area contributed by atoms with Gasteiger partial charge in [-0.2, -0.15) is 0 Å². The van der Waals surface area contributed by atoms with Gasteiger partial charge < -0.3 is 19.3 Å². The van der Waals surface area contributed by atoms with Gasteiger partial charge in [-0.1, -0.05) is 46.3 Å². The van der Waals surface area contributed by atoms with E-state index in [1.165, 1.54) is 4.90 Å². The van der Waals surface area contributed by atoms with Crippen LogP contribution in [0.1, 0.15) is 23.6 Å². The van der Waals surface area contributed by atoms with E-state index >= 15 is 0 Å². The average Bonchev–Trinajstić information content (AvgIpc) is 3.41. The fourth-order valence-corrected chi connectivity index (χ4v) is 4.20. The van der Waals surface area contributed by atoms with Gasteiger partial charge in [0, 0.05) is 41.1 Å². The first-order valence-corrected chi connectivity index (χ1v) is 10.9. The normalized spacial score (nSPS) is 17.7. The second kappa shape index (κ2) is 9.40. The zero-order chi connectivity index (χ0) is 22.7. The topological polar surface area (TPSA) is 84.7 Å². The number of imidazole rings is 1. The van der Waals surface area contributed by atoms with Crippen molar-refractivity contribution in [3.63, 3.8) is 0 Å². The highest BCUT2D eigenvalue weighted by Crippen LogP contribution is 2.42. The Bertz CT molecular complexity index is 1160. The van der Waals surface area contributed by atoms with Crippen LogP contribution in [0.4, 0.5) is 0 Å². The van der Waals surface area contributed by atoms with Crippen LogP contribution in [0.15, 0.2) is 77.3 Å². The zero-order valence-electron chi connectivity index (χ0n) is 17.4. The molecule has 0 saturated carbocycles. The van der Waals surface area contributed by atoms with Crippen LogP contribution in [0.5, 0.6) is 5.75 Å². The molecule has 0 radical (unpaired) electrons. The van der Waals surface area contributed by atoms with Gasteiger partial charge in [-0.3, -0.25) is 9.59 Å². The van der Waals surface area contributed by atoms with Crippen molar-refractivity contribution in [1.29, 1.82) is 0 Å². The van der Waals surface area contributed by atoms with Crippen LogP contribution in [0.3, 0.4) is 0 Å². The highest BCUT2D eigenvalue weighted by atomic mass is 79.9. The number of methoxy groups -OCH3 is 1. The van der Waals surface area contributed by atoms with Crippen LogP contribution in [0.25, 0.3) is 5.76 Å². The molecule has 3 aromatic rings. The number of hydrogen-bond acceptors (Lipinski definition) is 5. The fraction of sp³-hybridized carbons (Fsp3) is 0.208. The number of aromatic nitrogens is 2. The highest BCUT2D eigenvalue weighted by molar-refractivity contribution is 9.10. The number of hydrogen-bond donors (Lipinski definition) is 1. The summed E-state index contributed by atoms with van der Waals surface area (Å²) in [4.78, 5) is 31.7. The van der Waals surface area contributed by atoms with Crippen molar-refractivity contribution in [2.75, 3.05) is 13.7 Å². The van der Waals surface area contributed by atoms with E-state index in [1.54, 1.807) is 50.0 Å². The van der Waals surface area contributed by atoms with Gasteiger partial charge in [0.2, 0.25) is 0 Å². The minimum Gasteiger partial charge on any atom is -0.507 e. The number of Topliss-reactive ketones (excluding diaryl/α,β-unsaturated/α-hetero) is 1. The van der Waals surface area contributed by atoms with E-state index in [0.717, 1.165) is 4.47 Å². The molecule has 1 aliphatic rings. The predicted molar refractivity (Wildman–Crippen MR) is 123 cm³/mol. The summed E-state index contributed by atoms with van der Waals surface area (Å²) in [6.45, 7) is 0.983. The molecule has 1 unspecified atom stereocenters. The first kappa shape index (κ1) is 21.8. The Morgan fingerprint density at radius 2 is 1.88 bits per heavy atom. The van der Waals surface area contributed by atoms with E-state index in [4.69, 9.17) is 4.74 Å². The largest absolute Gasteiger partial charge is 0.507 e. The van der Waals surface area contributed by atoms with Crippen LogP contribution in [-0.4, -0.2) is 44.9 Å². The van der Waals surface area contributed by atoms with Gasteiger partial charge in [0.05, 0.1) is 25.1 Å². The van der Waals surface area contributed by atoms with Gasteiger partial charge in [0.1, 0.15) is 11.5 Å². The van der Waals surface area contributed by atoms with Crippen LogP contribution in [-0.2, 0) is 16.1 Å². The van der Waals surface area contributed by atoms with Crippen LogP contribution >= 0.6 is 15.9 Å². The highest BCUT2D eigenvalue weighted by Gasteiger charge is 2.46. The van der Waals surface area contributed by atoms with E-state index < -0.39 is 17.7 Å². The maximum atomic E-state index is 13.1. The summed E-state index contributed by atoms with van der Waals surface area (Å²) in [5.41, 5.74) is 1.17. The molecule has 2 heterocycles. The molecular formula is C24H22BrN3O4. The Hall–Kier alpha value is -3.39. The summed E-state index contributed by atoms with van der Waals surface area (Å²) in [6.07, 6.45) is 5.87. The van der Waals surface area contributed by atoms with Crippen LogP contribution in [0, 0.1) is 0 Å². The third kappa shape index (κ3) is 4.18. The molecule has 7 nitrogen and oxygen atoms in total. The van der Waals surface area contributed by atoms with Gasteiger partial charge in [0.25, 0.3) is 11.7 Å². The SMILES string of the molecule is COc1ccccc1C1/C(=C(\O)c2ccc(Br)cc2)C(=O)C(=O)N1CCCn1ccnc1. The molecule has 1 saturated heterocycles. The number of likely N-dealkylation sites (tertiary alicyclic amines) is 1. The summed E-state index contributed by atoms with van der Waals surface area (Å²) < 4.78 is 8.27. The lowest BCUT2D eigenvalue weighted by atomic mass is 9.94. The van der Waals surface area contributed by atoms with E-state index in [1.807, 2.05) is 29.0 Å². The quantitative estimate of drug-likeness (QED) is 0.302. The van der Waals surface area contributed by atoms with Crippen molar-refractivity contribution < 1.29 is 19.4 Å². The Labute approximate surface area is 194 Å². The van der Waals surface area contributed by atoms with Crippen molar-refractivity contribution in [1.82, 2.24) is 14.5 Å². The zero-order valence-corrected chi connectivity index (χ0v) is 19.0. The second-order valence-electron chi connectivity index (χ2n) is 7.40. The predicted octanol–water partition coefficient (Wildman–Crippen LogP) is 4.17. The smallest absolute Gasteiger partial charge is 0.295 e. The van der Waals surface area contributed by atoms with Crippen molar-refractivity contribution in [3.05, 3.63) is 88.4 Å². The number of aliphatic hydroxyl groups is 1. The second-order valence-corrected chi connectivity index (χ2v) is 8.31. The lowest BCUT2D eigenvalue weighted by Crippen LogP contribution is -2.31. The average molecular weight is 496 g/mol. The Morgan fingerprint density at radius 1 is 1.12 bits per heavy atom. The van der Waals surface area contributed by atoms with E-state index in [0.29, 0.717) is 36.4 Å². The number of aryl methyl sites for hydroxylation is 1. The molecule has 1 atom stereocenters. The number of benzene rings is 2.